The number of halogens is 7. The number of carbonyl (C=O) groups excluding carboxylic acids is 2. The fourth-order valence-electron chi connectivity index (χ4n) is 0.943. The zero-order valence-corrected chi connectivity index (χ0v) is 6.95. The second-order valence-corrected chi connectivity index (χ2v) is 2.87. The summed E-state index contributed by atoms with van der Waals surface area (Å²) in [4.78, 5) is 20.5. The molecule has 0 aromatic carbocycles. The lowest BCUT2D eigenvalue weighted by atomic mass is 9.92. The van der Waals surface area contributed by atoms with Crippen LogP contribution in [0.25, 0.3) is 0 Å². The Morgan fingerprint density at radius 1 is 1.06 bits per heavy atom. The van der Waals surface area contributed by atoms with Gasteiger partial charge in [0.05, 0.1) is 0 Å². The molecule has 2 atom stereocenters. The molecule has 0 saturated carbocycles. The number of alkyl halides is 7. The van der Waals surface area contributed by atoms with Crippen LogP contribution in [0.15, 0.2) is 0 Å². The maximum atomic E-state index is 12.9. The molecule has 0 radical (unpaired) electrons. The van der Waals surface area contributed by atoms with E-state index in [0.717, 1.165) is 0 Å². The standard InChI is InChI=1S/C6HF7O3/c7-1-4(8,6(11,12)13)2(14)16-3(15)5(1,9)10/h1H. The summed E-state index contributed by atoms with van der Waals surface area (Å²) in [5.74, 6) is -11.3. The molecule has 16 heavy (non-hydrogen) atoms. The minimum Gasteiger partial charge on any atom is -0.386 e. The Kier molecular flexibility index (Phi) is 2.44. The molecule has 1 saturated heterocycles. The number of ether oxygens (including phenoxy) is 1. The predicted molar refractivity (Wildman–Crippen MR) is 30.8 cm³/mol. The van der Waals surface area contributed by atoms with Crippen molar-refractivity contribution in [2.75, 3.05) is 0 Å². The van der Waals surface area contributed by atoms with Gasteiger partial charge >= 0.3 is 29.7 Å². The molecule has 10 heteroatoms. The van der Waals surface area contributed by atoms with Crippen molar-refractivity contribution >= 4 is 11.9 Å². The van der Waals surface area contributed by atoms with Gasteiger partial charge < -0.3 is 4.74 Å². The van der Waals surface area contributed by atoms with Gasteiger partial charge in [0.15, 0.2) is 0 Å². The van der Waals surface area contributed by atoms with Crippen LogP contribution >= 0.6 is 0 Å². The van der Waals surface area contributed by atoms with Crippen molar-refractivity contribution in [1.82, 2.24) is 0 Å². The summed E-state index contributed by atoms with van der Waals surface area (Å²) in [6.45, 7) is 0. The van der Waals surface area contributed by atoms with E-state index < -0.39 is 35.9 Å². The average molecular weight is 254 g/mol. The quantitative estimate of drug-likeness (QED) is 0.372. The number of hydrogen-bond donors (Lipinski definition) is 0. The molecular weight excluding hydrogens is 253 g/mol. The number of hydrogen-bond acceptors (Lipinski definition) is 3. The van der Waals surface area contributed by atoms with Crippen molar-refractivity contribution in [1.29, 1.82) is 0 Å². The SMILES string of the molecule is O=C1OC(=O)C(F)(C(F)(F)F)C(F)C1(F)F. The van der Waals surface area contributed by atoms with Crippen molar-refractivity contribution in [2.24, 2.45) is 0 Å². The molecule has 0 bridgehead atoms. The first-order chi connectivity index (χ1) is 6.95. The molecule has 1 aliphatic rings. The number of cyclic esters (lactones) is 2. The second-order valence-electron chi connectivity index (χ2n) is 2.87. The van der Waals surface area contributed by atoms with E-state index in [4.69, 9.17) is 0 Å². The molecule has 0 amide bonds. The number of esters is 2. The van der Waals surface area contributed by atoms with Crippen molar-refractivity contribution < 1.29 is 45.1 Å². The van der Waals surface area contributed by atoms with Crippen molar-refractivity contribution in [3.05, 3.63) is 0 Å². The van der Waals surface area contributed by atoms with Crippen molar-refractivity contribution in [3.8, 4) is 0 Å². The minimum absolute atomic E-state index is 2.85. The van der Waals surface area contributed by atoms with E-state index >= 15 is 0 Å². The summed E-state index contributed by atoms with van der Waals surface area (Å²) >= 11 is 0. The predicted octanol–water partition coefficient (Wildman–Crippen LogP) is 1.31. The van der Waals surface area contributed by atoms with Crippen LogP contribution < -0.4 is 0 Å². The first kappa shape index (κ1) is 12.7. The number of rotatable bonds is 0. The molecule has 1 fully saturated rings. The minimum atomic E-state index is -6.26. The fraction of sp³-hybridized carbons (Fsp3) is 0.667. The van der Waals surface area contributed by atoms with Gasteiger partial charge in [0, 0.05) is 0 Å². The molecule has 1 rings (SSSR count). The zero-order valence-electron chi connectivity index (χ0n) is 6.95. The topological polar surface area (TPSA) is 43.4 Å². The van der Waals surface area contributed by atoms with Crippen LogP contribution in [0, 0.1) is 0 Å². The van der Waals surface area contributed by atoms with Gasteiger partial charge in [-0.15, -0.1) is 0 Å². The average Bonchev–Trinajstić information content (AvgIpc) is 2.11. The van der Waals surface area contributed by atoms with Crippen LogP contribution in [0.5, 0.6) is 0 Å². The highest BCUT2D eigenvalue weighted by molar-refractivity contribution is 5.98. The monoisotopic (exact) mass is 254 g/mol. The van der Waals surface area contributed by atoms with Gasteiger partial charge in [-0.2, -0.15) is 22.0 Å². The van der Waals surface area contributed by atoms with E-state index in [0.29, 0.717) is 0 Å². The highest BCUT2D eigenvalue weighted by Gasteiger charge is 2.79. The molecule has 0 N–H and O–H groups in total. The Morgan fingerprint density at radius 2 is 1.50 bits per heavy atom. The summed E-state index contributed by atoms with van der Waals surface area (Å²) in [6, 6.07) is 0. The van der Waals surface area contributed by atoms with Crippen LogP contribution in [0.3, 0.4) is 0 Å². The molecule has 1 heterocycles. The van der Waals surface area contributed by atoms with Gasteiger partial charge in [-0.1, -0.05) is 0 Å². The molecule has 1 aliphatic heterocycles. The summed E-state index contributed by atoms with van der Waals surface area (Å²) < 4.78 is 89.1. The van der Waals surface area contributed by atoms with Crippen LogP contribution in [-0.4, -0.2) is 35.9 Å². The Balaban J connectivity index is 3.31. The van der Waals surface area contributed by atoms with E-state index in [1.807, 2.05) is 0 Å². The van der Waals surface area contributed by atoms with Crippen LogP contribution in [0.2, 0.25) is 0 Å². The third-order valence-corrected chi connectivity index (χ3v) is 1.83. The highest BCUT2D eigenvalue weighted by Crippen LogP contribution is 2.47. The second kappa shape index (κ2) is 3.08. The molecule has 0 aromatic rings. The van der Waals surface area contributed by atoms with Gasteiger partial charge in [0.1, 0.15) is 0 Å². The lowest BCUT2D eigenvalue weighted by Gasteiger charge is -2.35. The first-order valence-corrected chi connectivity index (χ1v) is 3.50. The highest BCUT2D eigenvalue weighted by atomic mass is 19.4. The molecular formula is C6HF7O3. The van der Waals surface area contributed by atoms with Gasteiger partial charge in [0.25, 0.3) is 0 Å². The van der Waals surface area contributed by atoms with Gasteiger partial charge in [-0.05, 0) is 0 Å². The lowest BCUT2D eigenvalue weighted by molar-refractivity contribution is -0.289. The normalized spacial score (nSPS) is 34.8. The maximum Gasteiger partial charge on any atom is 0.436 e. The molecule has 2 unspecified atom stereocenters. The van der Waals surface area contributed by atoms with Crippen LogP contribution in [0.1, 0.15) is 0 Å². The third-order valence-electron chi connectivity index (χ3n) is 1.83. The first-order valence-electron chi connectivity index (χ1n) is 3.50. The lowest BCUT2D eigenvalue weighted by Crippen LogP contribution is -2.67. The Bertz CT molecular complexity index is 349. The summed E-state index contributed by atoms with van der Waals surface area (Å²) in [5.41, 5.74) is -5.55. The molecule has 3 nitrogen and oxygen atoms in total. The van der Waals surface area contributed by atoms with Crippen molar-refractivity contribution in [2.45, 2.75) is 23.9 Å². The van der Waals surface area contributed by atoms with Gasteiger partial charge in [-0.3, -0.25) is 0 Å². The van der Waals surface area contributed by atoms with E-state index in [-0.39, 0.29) is 0 Å². The smallest absolute Gasteiger partial charge is 0.386 e. The van der Waals surface area contributed by atoms with Gasteiger partial charge in [-0.25, -0.2) is 18.4 Å². The largest absolute Gasteiger partial charge is 0.436 e. The number of carbonyl (C=O) groups is 2. The third kappa shape index (κ3) is 1.35. The Hall–Kier alpha value is -1.35. The molecule has 92 valence electrons. The van der Waals surface area contributed by atoms with E-state index in [9.17, 15) is 40.3 Å². The fourth-order valence-corrected chi connectivity index (χ4v) is 0.943. The van der Waals surface area contributed by atoms with Crippen LogP contribution in [0.4, 0.5) is 30.7 Å². The van der Waals surface area contributed by atoms with E-state index in [2.05, 4.69) is 4.74 Å². The maximum absolute atomic E-state index is 12.9. The van der Waals surface area contributed by atoms with E-state index in [1.165, 1.54) is 0 Å². The molecule has 0 spiro atoms. The molecule has 0 aliphatic carbocycles. The van der Waals surface area contributed by atoms with Gasteiger partial charge in [0.2, 0.25) is 6.17 Å². The molecule has 0 aromatic heterocycles. The Morgan fingerprint density at radius 3 is 1.88 bits per heavy atom. The zero-order chi connectivity index (χ0) is 12.9. The van der Waals surface area contributed by atoms with Crippen LogP contribution in [-0.2, 0) is 14.3 Å². The van der Waals surface area contributed by atoms with Crippen molar-refractivity contribution in [3.63, 3.8) is 0 Å². The summed E-state index contributed by atoms with van der Waals surface area (Å²) in [7, 11) is 0. The van der Waals surface area contributed by atoms with E-state index in [1.54, 1.807) is 0 Å². The Labute approximate surface area is 82.2 Å². The summed E-state index contributed by atoms with van der Waals surface area (Å²) in [6.07, 6.45) is -10.9. The summed E-state index contributed by atoms with van der Waals surface area (Å²) in [5, 5.41) is 0.